The Kier molecular flexibility index (Phi) is 3.76. The van der Waals surface area contributed by atoms with Crippen molar-refractivity contribution in [2.45, 2.75) is 43.0 Å². The summed E-state index contributed by atoms with van der Waals surface area (Å²) in [6.07, 6.45) is 6.27. The maximum absolute atomic E-state index is 12.4. The maximum Gasteiger partial charge on any atom is 0.352 e. The van der Waals surface area contributed by atoms with Gasteiger partial charge in [-0.3, -0.25) is 0 Å². The number of hydrogen-bond acceptors (Lipinski definition) is 4. The molecule has 0 aromatic carbocycles. The number of aromatic nitrogens is 1. The minimum Gasteiger partial charge on any atom is -0.477 e. The number of nitrogens with zero attached hydrogens (tertiary/aromatic N) is 2. The van der Waals surface area contributed by atoms with Gasteiger partial charge < -0.3 is 9.67 Å². The summed E-state index contributed by atoms with van der Waals surface area (Å²) in [4.78, 5) is 13.8. The zero-order valence-electron chi connectivity index (χ0n) is 11.7. The highest BCUT2D eigenvalue weighted by Crippen LogP contribution is 2.37. The minimum atomic E-state index is -3.71. The molecule has 2 N–H and O–H groups in total. The molecular weight excluding hydrogens is 294 g/mol. The molecule has 2 fully saturated rings. The number of hydrogen-bond donors (Lipinski definition) is 2. The minimum absolute atomic E-state index is 0.0253. The van der Waals surface area contributed by atoms with Crippen molar-refractivity contribution in [3.63, 3.8) is 0 Å². The van der Waals surface area contributed by atoms with Crippen LogP contribution in [0, 0.1) is 0 Å². The quantitative estimate of drug-likeness (QED) is 0.852. The highest BCUT2D eigenvalue weighted by Gasteiger charge is 2.31. The van der Waals surface area contributed by atoms with Gasteiger partial charge in [0.25, 0.3) is 10.0 Å². The van der Waals surface area contributed by atoms with Crippen molar-refractivity contribution in [2.24, 2.45) is 0 Å². The van der Waals surface area contributed by atoms with E-state index in [0.717, 1.165) is 32.1 Å². The zero-order chi connectivity index (χ0) is 15.0. The molecule has 2 aliphatic rings. The number of carboxylic acid groups (broad SMARTS) is 1. The van der Waals surface area contributed by atoms with Crippen molar-refractivity contribution in [1.29, 1.82) is 0 Å². The van der Waals surface area contributed by atoms with Gasteiger partial charge in [-0.2, -0.15) is 0 Å². The Bertz CT molecular complexity index is 642. The third-order valence-electron chi connectivity index (χ3n) is 3.90. The Balaban J connectivity index is 1.84. The number of aromatic carboxylic acids is 1. The van der Waals surface area contributed by atoms with E-state index in [0.29, 0.717) is 13.1 Å². The van der Waals surface area contributed by atoms with Crippen molar-refractivity contribution in [1.82, 2.24) is 14.4 Å². The molecule has 1 saturated carbocycles. The first-order valence-corrected chi connectivity index (χ1v) is 8.68. The molecule has 0 amide bonds. The number of nitrogens with one attached hydrogen (secondary N) is 1. The summed E-state index contributed by atoms with van der Waals surface area (Å²) < 4.78 is 26.3. The third kappa shape index (κ3) is 3.12. The van der Waals surface area contributed by atoms with Crippen LogP contribution in [0.25, 0.3) is 0 Å². The van der Waals surface area contributed by atoms with E-state index in [9.17, 15) is 18.3 Å². The highest BCUT2D eigenvalue weighted by atomic mass is 32.2. The standard InChI is InChI=1S/C13H19N3O4S/c17-13(18)12-8-11(9-16(12)10-4-5-10)21(19,20)14-15-6-2-1-3-7-15/h8-10,14H,1-7H2,(H,17,18). The second-order valence-electron chi connectivity index (χ2n) is 5.65. The predicted molar refractivity (Wildman–Crippen MR) is 75.4 cm³/mol. The van der Waals surface area contributed by atoms with Crippen LogP contribution >= 0.6 is 0 Å². The van der Waals surface area contributed by atoms with Crippen LogP contribution in [0.3, 0.4) is 0 Å². The van der Waals surface area contributed by atoms with Gasteiger partial charge in [0.05, 0.1) is 0 Å². The first-order valence-electron chi connectivity index (χ1n) is 7.20. The van der Waals surface area contributed by atoms with Crippen molar-refractivity contribution in [3.8, 4) is 0 Å². The lowest BCUT2D eigenvalue weighted by Gasteiger charge is -2.26. The normalized spacial score (nSPS) is 20.6. The number of rotatable bonds is 5. The van der Waals surface area contributed by atoms with Gasteiger partial charge in [-0.05, 0) is 31.7 Å². The number of carbonyl (C=O) groups is 1. The maximum atomic E-state index is 12.4. The lowest BCUT2D eigenvalue weighted by atomic mass is 10.2. The van der Waals surface area contributed by atoms with Crippen molar-refractivity contribution < 1.29 is 18.3 Å². The molecule has 1 aliphatic heterocycles. The van der Waals surface area contributed by atoms with Crippen LogP contribution in [0.5, 0.6) is 0 Å². The first-order chi connectivity index (χ1) is 9.97. The highest BCUT2D eigenvalue weighted by molar-refractivity contribution is 7.89. The van der Waals surface area contributed by atoms with E-state index in [2.05, 4.69) is 4.83 Å². The van der Waals surface area contributed by atoms with Crippen molar-refractivity contribution in [2.75, 3.05) is 13.1 Å². The molecule has 0 spiro atoms. The van der Waals surface area contributed by atoms with Gasteiger partial charge in [-0.15, -0.1) is 4.83 Å². The van der Waals surface area contributed by atoms with E-state index in [1.54, 1.807) is 9.58 Å². The third-order valence-corrected chi connectivity index (χ3v) is 5.24. The van der Waals surface area contributed by atoms with Crippen LogP contribution in [-0.2, 0) is 10.0 Å². The van der Waals surface area contributed by atoms with Gasteiger partial charge >= 0.3 is 5.97 Å². The van der Waals surface area contributed by atoms with E-state index in [1.165, 1.54) is 12.3 Å². The average Bonchev–Trinajstić information content (AvgIpc) is 3.17. The van der Waals surface area contributed by atoms with E-state index in [4.69, 9.17) is 0 Å². The van der Waals surface area contributed by atoms with Gasteiger partial charge in [0.2, 0.25) is 0 Å². The fourth-order valence-corrected chi connectivity index (χ4v) is 3.78. The Morgan fingerprint density at radius 1 is 1.24 bits per heavy atom. The lowest BCUT2D eigenvalue weighted by Crippen LogP contribution is -2.44. The summed E-state index contributed by atoms with van der Waals surface area (Å²) in [7, 11) is -3.71. The smallest absolute Gasteiger partial charge is 0.352 e. The van der Waals surface area contributed by atoms with E-state index >= 15 is 0 Å². The molecule has 1 aromatic heterocycles. The number of sulfonamides is 1. The Morgan fingerprint density at radius 3 is 2.48 bits per heavy atom. The largest absolute Gasteiger partial charge is 0.477 e. The van der Waals surface area contributed by atoms with Crippen LogP contribution in [0.2, 0.25) is 0 Å². The Morgan fingerprint density at radius 2 is 1.90 bits per heavy atom. The number of carboxylic acids is 1. The summed E-state index contributed by atoms with van der Waals surface area (Å²) in [6, 6.07) is 1.36. The molecule has 1 saturated heterocycles. The van der Waals surface area contributed by atoms with Gasteiger partial charge in [0.15, 0.2) is 0 Å². The van der Waals surface area contributed by atoms with Gasteiger partial charge in [-0.1, -0.05) is 6.42 Å². The number of piperidine rings is 1. The molecule has 0 unspecified atom stereocenters. The molecule has 1 aliphatic carbocycles. The van der Waals surface area contributed by atoms with Crippen LogP contribution in [0.4, 0.5) is 0 Å². The second-order valence-corrected chi connectivity index (χ2v) is 7.31. The molecule has 21 heavy (non-hydrogen) atoms. The molecule has 3 rings (SSSR count). The van der Waals surface area contributed by atoms with E-state index in [1.807, 2.05) is 0 Å². The van der Waals surface area contributed by atoms with Gasteiger partial charge in [-0.25, -0.2) is 18.2 Å². The SMILES string of the molecule is O=C(O)c1cc(S(=O)(=O)NN2CCCCC2)cn1C1CC1. The number of hydrazine groups is 1. The molecule has 0 radical (unpaired) electrons. The molecule has 1 aromatic rings. The predicted octanol–water partition coefficient (Wildman–Crippen LogP) is 1.20. The monoisotopic (exact) mass is 313 g/mol. The summed E-state index contributed by atoms with van der Waals surface area (Å²) in [5.41, 5.74) is 0.0384. The zero-order valence-corrected chi connectivity index (χ0v) is 12.5. The summed E-state index contributed by atoms with van der Waals surface area (Å²) in [5.74, 6) is -1.10. The fourth-order valence-electron chi connectivity index (χ4n) is 2.63. The summed E-state index contributed by atoms with van der Waals surface area (Å²) in [6.45, 7) is 1.38. The molecule has 8 heteroatoms. The average molecular weight is 313 g/mol. The van der Waals surface area contributed by atoms with Crippen LogP contribution in [-0.4, -0.2) is 42.2 Å². The first kappa shape index (κ1) is 14.6. The van der Waals surface area contributed by atoms with E-state index < -0.39 is 16.0 Å². The fraction of sp³-hybridized carbons (Fsp3) is 0.615. The van der Waals surface area contributed by atoms with Crippen LogP contribution in [0.1, 0.15) is 48.6 Å². The van der Waals surface area contributed by atoms with Gasteiger partial charge in [0.1, 0.15) is 10.6 Å². The second kappa shape index (κ2) is 5.43. The molecule has 0 atom stereocenters. The van der Waals surface area contributed by atoms with Crippen molar-refractivity contribution in [3.05, 3.63) is 18.0 Å². The molecular formula is C13H19N3O4S. The topological polar surface area (TPSA) is 91.6 Å². The Hall–Kier alpha value is -1.38. The molecule has 116 valence electrons. The van der Waals surface area contributed by atoms with Gasteiger partial charge in [0, 0.05) is 25.3 Å². The van der Waals surface area contributed by atoms with Crippen molar-refractivity contribution >= 4 is 16.0 Å². The summed E-state index contributed by atoms with van der Waals surface area (Å²) >= 11 is 0. The summed E-state index contributed by atoms with van der Waals surface area (Å²) in [5, 5.41) is 10.9. The molecule has 2 heterocycles. The lowest BCUT2D eigenvalue weighted by molar-refractivity contribution is 0.0685. The molecule has 7 nitrogen and oxygen atoms in total. The van der Waals surface area contributed by atoms with Crippen LogP contribution in [0.15, 0.2) is 17.2 Å². The van der Waals surface area contributed by atoms with Crippen LogP contribution < -0.4 is 4.83 Å². The Labute approximate surface area is 123 Å². The van der Waals surface area contributed by atoms with E-state index in [-0.39, 0.29) is 16.6 Å². The molecule has 0 bridgehead atoms.